The van der Waals surface area contributed by atoms with Crippen LogP contribution in [0.1, 0.15) is 10.9 Å². The van der Waals surface area contributed by atoms with Gasteiger partial charge in [0.25, 0.3) is 0 Å². The summed E-state index contributed by atoms with van der Waals surface area (Å²) < 4.78 is 6.36. The van der Waals surface area contributed by atoms with Gasteiger partial charge in [-0.05, 0) is 18.2 Å². The van der Waals surface area contributed by atoms with Crippen LogP contribution in [0.3, 0.4) is 0 Å². The average Bonchev–Trinajstić information content (AvgIpc) is 3.07. The zero-order chi connectivity index (χ0) is 14.1. The summed E-state index contributed by atoms with van der Waals surface area (Å²) >= 11 is 6.38. The molecular weight excluding hydrogens is 362 g/mol. The Morgan fingerprint density at radius 2 is 2.35 bits per heavy atom. The van der Waals surface area contributed by atoms with Crippen molar-refractivity contribution in [3.8, 4) is 5.75 Å². The molecule has 0 spiro atoms. The van der Waals surface area contributed by atoms with Crippen LogP contribution in [0.15, 0.2) is 28.2 Å². The lowest BCUT2D eigenvalue weighted by molar-refractivity contribution is -0.115. The van der Waals surface area contributed by atoms with Crippen molar-refractivity contribution in [2.45, 2.75) is 5.37 Å². The second kappa shape index (κ2) is 5.71. The molecule has 104 valence electrons. The monoisotopic (exact) mass is 371 g/mol. The number of benzene rings is 1. The Bertz CT molecular complexity index is 636. The maximum atomic E-state index is 12.1. The minimum Gasteiger partial charge on any atom is -0.496 e. The first-order valence-electron chi connectivity index (χ1n) is 5.74. The predicted octanol–water partition coefficient (Wildman–Crippen LogP) is 3.09. The molecule has 1 atom stereocenters. The van der Waals surface area contributed by atoms with Gasteiger partial charge >= 0.3 is 0 Å². The zero-order valence-corrected chi connectivity index (χ0v) is 13.7. The molecule has 1 saturated heterocycles. The molecule has 0 bridgehead atoms. The van der Waals surface area contributed by atoms with E-state index >= 15 is 0 Å². The summed E-state index contributed by atoms with van der Waals surface area (Å²) in [5.74, 6) is 1.23. The number of carbonyl (C=O) groups excluding carboxylic acids is 1. The number of rotatable bonds is 3. The van der Waals surface area contributed by atoms with Gasteiger partial charge in [-0.3, -0.25) is 9.69 Å². The number of thioether (sulfide) groups is 1. The molecule has 5 nitrogen and oxygen atoms in total. The van der Waals surface area contributed by atoms with E-state index in [4.69, 9.17) is 4.74 Å². The molecule has 2 heterocycles. The lowest BCUT2D eigenvalue weighted by Gasteiger charge is -2.22. The maximum absolute atomic E-state index is 12.1. The molecule has 0 aliphatic carbocycles. The second-order valence-corrected chi connectivity index (χ2v) is 6.83. The number of hydrogen-bond donors (Lipinski definition) is 0. The van der Waals surface area contributed by atoms with E-state index in [1.54, 1.807) is 29.3 Å². The van der Waals surface area contributed by atoms with E-state index in [0.29, 0.717) is 10.9 Å². The van der Waals surface area contributed by atoms with Crippen LogP contribution in [0.25, 0.3) is 0 Å². The predicted molar refractivity (Wildman–Crippen MR) is 83.3 cm³/mol. The highest BCUT2D eigenvalue weighted by Crippen LogP contribution is 2.45. The smallest absolute Gasteiger partial charge is 0.240 e. The van der Waals surface area contributed by atoms with Crippen molar-refractivity contribution < 1.29 is 9.53 Å². The Labute approximate surface area is 132 Å². The van der Waals surface area contributed by atoms with E-state index in [-0.39, 0.29) is 11.3 Å². The molecule has 0 N–H and O–H groups in total. The van der Waals surface area contributed by atoms with Crippen molar-refractivity contribution in [2.24, 2.45) is 0 Å². The molecule has 1 aliphatic rings. The number of halogens is 1. The first-order valence-corrected chi connectivity index (χ1v) is 8.46. The van der Waals surface area contributed by atoms with Gasteiger partial charge in [-0.15, -0.1) is 22.0 Å². The number of carbonyl (C=O) groups is 1. The number of anilines is 1. The van der Waals surface area contributed by atoms with Crippen LogP contribution in [0.2, 0.25) is 0 Å². The maximum Gasteiger partial charge on any atom is 0.240 e. The number of nitrogens with zero attached hydrogens (tertiary/aromatic N) is 3. The van der Waals surface area contributed by atoms with Crippen molar-refractivity contribution in [3.63, 3.8) is 0 Å². The fourth-order valence-corrected chi connectivity index (χ4v) is 4.25. The van der Waals surface area contributed by atoms with Crippen molar-refractivity contribution in [3.05, 3.63) is 33.7 Å². The van der Waals surface area contributed by atoms with E-state index in [9.17, 15) is 4.79 Å². The average molecular weight is 372 g/mol. The van der Waals surface area contributed by atoms with Gasteiger partial charge in [0, 0.05) is 10.0 Å². The van der Waals surface area contributed by atoms with Gasteiger partial charge in [-0.1, -0.05) is 27.3 Å². The SMILES string of the molecule is COc1ccc(Br)cc1[C@@H]1SCC(=O)N1c1nncs1. The van der Waals surface area contributed by atoms with Crippen LogP contribution < -0.4 is 9.64 Å². The molecule has 1 aromatic carbocycles. The van der Waals surface area contributed by atoms with Crippen LogP contribution >= 0.6 is 39.0 Å². The Morgan fingerprint density at radius 1 is 1.50 bits per heavy atom. The number of amides is 1. The Kier molecular flexibility index (Phi) is 3.95. The second-order valence-electron chi connectivity index (χ2n) is 4.03. The van der Waals surface area contributed by atoms with Crippen LogP contribution in [0, 0.1) is 0 Å². The molecule has 0 radical (unpaired) electrons. The summed E-state index contributed by atoms with van der Waals surface area (Å²) in [5, 5.41) is 8.31. The van der Waals surface area contributed by atoms with Gasteiger partial charge < -0.3 is 4.74 Å². The third-order valence-corrected chi connectivity index (χ3v) is 5.26. The van der Waals surface area contributed by atoms with E-state index in [2.05, 4.69) is 26.1 Å². The summed E-state index contributed by atoms with van der Waals surface area (Å²) in [6, 6.07) is 5.78. The fourth-order valence-electron chi connectivity index (χ4n) is 2.03. The Morgan fingerprint density at radius 3 is 3.05 bits per heavy atom. The first-order chi connectivity index (χ1) is 9.70. The van der Waals surface area contributed by atoms with Gasteiger partial charge in [0.05, 0.1) is 12.9 Å². The molecule has 0 saturated carbocycles. The Balaban J connectivity index is 2.05. The van der Waals surface area contributed by atoms with Gasteiger partial charge in [0.1, 0.15) is 16.6 Å². The van der Waals surface area contributed by atoms with Crippen LogP contribution in [-0.2, 0) is 4.79 Å². The largest absolute Gasteiger partial charge is 0.496 e. The first kappa shape index (κ1) is 13.8. The van der Waals surface area contributed by atoms with Gasteiger partial charge in [-0.2, -0.15) is 0 Å². The minimum absolute atomic E-state index is 0.0405. The molecule has 8 heteroatoms. The van der Waals surface area contributed by atoms with Crippen molar-refractivity contribution >= 4 is 50.1 Å². The molecule has 1 aliphatic heterocycles. The molecular formula is C12H10BrN3O2S2. The lowest BCUT2D eigenvalue weighted by atomic mass is 10.2. The highest BCUT2D eigenvalue weighted by Gasteiger charge is 2.37. The summed E-state index contributed by atoms with van der Waals surface area (Å²) in [4.78, 5) is 13.8. The van der Waals surface area contributed by atoms with E-state index in [1.165, 1.54) is 11.3 Å². The highest BCUT2D eigenvalue weighted by atomic mass is 79.9. The van der Waals surface area contributed by atoms with Gasteiger partial charge in [-0.25, -0.2) is 0 Å². The zero-order valence-electron chi connectivity index (χ0n) is 10.4. The standard InChI is InChI=1S/C12H10BrN3O2S2/c1-18-9-3-2-7(13)4-8(9)11-16(10(17)5-19-11)12-15-14-6-20-12/h2-4,6,11H,5H2,1H3/t11-/m0/s1. The van der Waals surface area contributed by atoms with Gasteiger partial charge in [0.15, 0.2) is 0 Å². The topological polar surface area (TPSA) is 55.3 Å². The molecule has 0 unspecified atom stereocenters. The van der Waals surface area contributed by atoms with Crippen LogP contribution in [-0.4, -0.2) is 29.0 Å². The van der Waals surface area contributed by atoms with Crippen molar-refractivity contribution in [1.82, 2.24) is 10.2 Å². The summed E-state index contributed by atoms with van der Waals surface area (Å²) in [6.45, 7) is 0. The highest BCUT2D eigenvalue weighted by molar-refractivity contribution is 9.10. The normalized spacial score (nSPS) is 18.6. The van der Waals surface area contributed by atoms with Crippen LogP contribution in [0.4, 0.5) is 5.13 Å². The summed E-state index contributed by atoms with van der Waals surface area (Å²) in [5.41, 5.74) is 2.58. The van der Waals surface area contributed by atoms with Crippen LogP contribution in [0.5, 0.6) is 5.75 Å². The molecule has 1 amide bonds. The number of hydrogen-bond acceptors (Lipinski definition) is 6. The molecule has 20 heavy (non-hydrogen) atoms. The number of methoxy groups -OCH3 is 1. The summed E-state index contributed by atoms with van der Waals surface area (Å²) in [7, 11) is 1.63. The number of aromatic nitrogens is 2. The van der Waals surface area contributed by atoms with E-state index in [1.807, 2.05) is 18.2 Å². The van der Waals surface area contributed by atoms with Crippen molar-refractivity contribution in [2.75, 3.05) is 17.8 Å². The third kappa shape index (κ3) is 2.43. The molecule has 1 aromatic heterocycles. The van der Waals surface area contributed by atoms with Gasteiger partial charge in [0.2, 0.25) is 11.0 Å². The molecule has 3 rings (SSSR count). The number of ether oxygens (including phenoxy) is 1. The van der Waals surface area contributed by atoms with Crippen molar-refractivity contribution in [1.29, 1.82) is 0 Å². The lowest BCUT2D eigenvalue weighted by Crippen LogP contribution is -2.28. The van der Waals surface area contributed by atoms with E-state index in [0.717, 1.165) is 15.8 Å². The fraction of sp³-hybridized carbons (Fsp3) is 0.250. The third-order valence-electron chi connectivity index (χ3n) is 2.88. The minimum atomic E-state index is -0.136. The van der Waals surface area contributed by atoms with E-state index < -0.39 is 0 Å². The molecule has 2 aromatic rings. The quantitative estimate of drug-likeness (QED) is 0.829. The summed E-state index contributed by atoms with van der Waals surface area (Å²) in [6.07, 6.45) is 0. The Hall–Kier alpha value is -1.12. The molecule has 1 fully saturated rings.